The number of thiol groups is 1. The van der Waals surface area contributed by atoms with Crippen LogP contribution < -0.4 is 0 Å². The predicted molar refractivity (Wildman–Crippen MR) is 109 cm³/mol. The maximum absolute atomic E-state index is 12.6. The predicted octanol–water partition coefficient (Wildman–Crippen LogP) is 2.30. The van der Waals surface area contributed by atoms with Gasteiger partial charge in [0.25, 0.3) is 0 Å². The van der Waals surface area contributed by atoms with E-state index < -0.39 is 22.4 Å². The molecule has 2 unspecified atom stereocenters. The molecule has 1 aliphatic rings. The molecule has 6 nitrogen and oxygen atoms in total. The van der Waals surface area contributed by atoms with Crippen molar-refractivity contribution in [1.82, 2.24) is 4.31 Å². The molecule has 0 spiro atoms. The zero-order valence-corrected chi connectivity index (χ0v) is 17.4. The number of halogens is 1. The molecule has 0 aliphatic carbocycles. The van der Waals surface area contributed by atoms with E-state index in [0.29, 0.717) is 28.3 Å². The monoisotopic (exact) mass is 433 g/mol. The topological polar surface area (TPSA) is 108 Å². The first-order valence-corrected chi connectivity index (χ1v) is 10.2. The van der Waals surface area contributed by atoms with E-state index in [9.17, 15) is 13.7 Å². The molecule has 152 valence electrons. The number of nitriles is 2. The van der Waals surface area contributed by atoms with Crippen LogP contribution in [0.3, 0.4) is 0 Å². The average molecular weight is 434 g/mol. The molecule has 0 radical (unpaired) electrons. The van der Waals surface area contributed by atoms with Crippen molar-refractivity contribution >= 4 is 23.6 Å². The summed E-state index contributed by atoms with van der Waals surface area (Å²) in [6.07, 6.45) is 0.407. The third-order valence-electron chi connectivity index (χ3n) is 4.39. The number of aryl methyl sites for hydroxylation is 1. The normalized spacial score (nSPS) is 19.6. The van der Waals surface area contributed by atoms with E-state index in [1.807, 2.05) is 13.0 Å². The molecule has 1 heterocycles. The number of hydrogen-bond acceptors (Lipinski definition) is 6. The van der Waals surface area contributed by atoms with Gasteiger partial charge in [-0.2, -0.15) is 10.5 Å². The van der Waals surface area contributed by atoms with Crippen molar-refractivity contribution < 1.29 is 18.8 Å². The highest BCUT2D eigenvalue weighted by atomic mass is 32.2. The maximum atomic E-state index is 12.6. The van der Waals surface area contributed by atoms with Gasteiger partial charge in [0.1, 0.15) is 28.5 Å². The van der Waals surface area contributed by atoms with Crippen LogP contribution >= 0.6 is 12.6 Å². The van der Waals surface area contributed by atoms with Crippen LogP contribution in [0.1, 0.15) is 23.1 Å². The average Bonchev–Trinajstić information content (AvgIpc) is 3.11. The molecule has 2 aromatic rings. The fourth-order valence-corrected chi connectivity index (χ4v) is 4.34. The number of hydrogen-bond donors (Lipinski definition) is 3. The highest BCUT2D eigenvalue weighted by Gasteiger charge is 2.38. The Bertz CT molecular complexity index is 1000. The molecular formula is C20H20FN3O3S2. The Morgan fingerprint density at radius 1 is 1.28 bits per heavy atom. The van der Waals surface area contributed by atoms with Crippen molar-refractivity contribution in [3.63, 3.8) is 0 Å². The van der Waals surface area contributed by atoms with Gasteiger partial charge in [-0.05, 0) is 55.3 Å². The third kappa shape index (κ3) is 5.86. The summed E-state index contributed by atoms with van der Waals surface area (Å²) in [7, 11) is -1.38. The molecule has 0 saturated carbocycles. The second kappa shape index (κ2) is 9.97. The number of aliphatic hydroxyl groups is 2. The van der Waals surface area contributed by atoms with E-state index in [-0.39, 0.29) is 18.7 Å². The molecule has 0 bridgehead atoms. The molecule has 0 amide bonds. The molecule has 9 heteroatoms. The number of nitrogens with zero attached hydrogens (tertiary/aromatic N) is 3. The minimum atomic E-state index is -1.38. The van der Waals surface area contributed by atoms with Gasteiger partial charge in [-0.3, -0.25) is 0 Å². The van der Waals surface area contributed by atoms with Crippen LogP contribution in [0.25, 0.3) is 0 Å². The van der Waals surface area contributed by atoms with Gasteiger partial charge in [0.15, 0.2) is 0 Å². The van der Waals surface area contributed by atoms with Crippen molar-refractivity contribution in [2.24, 2.45) is 0 Å². The first-order valence-electron chi connectivity index (χ1n) is 8.62. The van der Waals surface area contributed by atoms with E-state index in [1.165, 1.54) is 12.1 Å². The van der Waals surface area contributed by atoms with Gasteiger partial charge < -0.3 is 10.2 Å². The number of aliphatic hydroxyl groups excluding tert-OH is 1. The first-order chi connectivity index (χ1) is 13.7. The van der Waals surface area contributed by atoms with Crippen LogP contribution in [-0.4, -0.2) is 44.0 Å². The zero-order chi connectivity index (χ0) is 21.6. The molecule has 29 heavy (non-hydrogen) atoms. The lowest BCUT2D eigenvalue weighted by molar-refractivity contribution is -0.000504. The molecule has 0 aromatic heterocycles. The lowest BCUT2D eigenvalue weighted by Gasteiger charge is -2.20. The Labute approximate surface area is 176 Å². The van der Waals surface area contributed by atoms with Gasteiger partial charge in [0.05, 0.1) is 28.7 Å². The minimum Gasteiger partial charge on any atom is -0.393 e. The third-order valence-corrected chi connectivity index (χ3v) is 6.28. The second-order valence-electron chi connectivity index (χ2n) is 6.61. The number of rotatable bonds is 3. The molecule has 1 saturated heterocycles. The molecule has 1 aliphatic heterocycles. The van der Waals surface area contributed by atoms with Crippen LogP contribution in [0.5, 0.6) is 0 Å². The van der Waals surface area contributed by atoms with Crippen LogP contribution in [0.4, 0.5) is 4.39 Å². The summed E-state index contributed by atoms with van der Waals surface area (Å²) in [5.41, 5.74) is 0.219. The van der Waals surface area contributed by atoms with E-state index >= 15 is 0 Å². The fourth-order valence-electron chi connectivity index (χ4n) is 2.74. The second-order valence-corrected chi connectivity index (χ2v) is 8.58. The number of β-amino-alcohol motifs (C(OH)–C–C–N with tert-alkyl or cyclic N) is 1. The van der Waals surface area contributed by atoms with Crippen LogP contribution in [-0.2, 0) is 11.0 Å². The van der Waals surface area contributed by atoms with E-state index in [0.717, 1.165) is 5.56 Å². The minimum absolute atomic E-state index is 0.0535. The lowest BCUT2D eigenvalue weighted by Crippen LogP contribution is -2.37. The van der Waals surface area contributed by atoms with Gasteiger partial charge in [0, 0.05) is 18.0 Å². The first kappa shape index (κ1) is 23.0. The Hall–Kier alpha value is -2.27. The lowest BCUT2D eigenvalue weighted by atomic mass is 10.1. The van der Waals surface area contributed by atoms with E-state index in [4.69, 9.17) is 15.6 Å². The highest BCUT2D eigenvalue weighted by Crippen LogP contribution is 2.26. The summed E-state index contributed by atoms with van der Waals surface area (Å²) in [4.78, 5) is 1.16. The van der Waals surface area contributed by atoms with Crippen LogP contribution in [0, 0.1) is 35.4 Å². The standard InChI is InChI=1S/C13H16N2O3S.C7H4FNS/c1-10-6-11(7-14)2-3-12(10)19(18)15-5-4-13(17,8-15)9-16;8-7-3-6(10)2-1-5(7)4-9/h2-3,6,16-17H,4-5,8-9H2,1H3;1-3,10H. The molecule has 2 atom stereocenters. The maximum Gasteiger partial charge on any atom is 0.142 e. The SMILES string of the molecule is Cc1cc(C#N)ccc1S(=O)N1CCC(O)(CO)C1.N#Cc1ccc(S)cc1F. The van der Waals surface area contributed by atoms with Gasteiger partial charge in [0.2, 0.25) is 0 Å². The summed E-state index contributed by atoms with van der Waals surface area (Å²) in [6.45, 7) is 2.15. The Balaban J connectivity index is 0.000000253. The molecule has 3 rings (SSSR count). The Morgan fingerprint density at radius 3 is 2.52 bits per heavy atom. The van der Waals surface area contributed by atoms with Crippen molar-refractivity contribution in [3.05, 3.63) is 58.9 Å². The Morgan fingerprint density at radius 2 is 2.00 bits per heavy atom. The number of benzene rings is 2. The van der Waals surface area contributed by atoms with Crippen LogP contribution in [0.15, 0.2) is 46.2 Å². The fraction of sp³-hybridized carbons (Fsp3) is 0.300. The van der Waals surface area contributed by atoms with Crippen molar-refractivity contribution in [2.45, 2.75) is 28.7 Å². The molecule has 1 fully saturated rings. The summed E-state index contributed by atoms with van der Waals surface area (Å²) in [6, 6.07) is 12.9. The summed E-state index contributed by atoms with van der Waals surface area (Å²) >= 11 is 3.89. The largest absolute Gasteiger partial charge is 0.393 e. The van der Waals surface area contributed by atoms with Crippen molar-refractivity contribution in [2.75, 3.05) is 19.7 Å². The summed E-state index contributed by atoms with van der Waals surface area (Å²) in [5.74, 6) is -0.519. The van der Waals surface area contributed by atoms with Gasteiger partial charge in [-0.15, -0.1) is 12.6 Å². The summed E-state index contributed by atoms with van der Waals surface area (Å²) < 4.78 is 26.7. The smallest absolute Gasteiger partial charge is 0.142 e. The van der Waals surface area contributed by atoms with Gasteiger partial charge in [-0.1, -0.05) is 0 Å². The molecule has 2 N–H and O–H groups in total. The van der Waals surface area contributed by atoms with E-state index in [2.05, 4.69) is 12.6 Å². The summed E-state index contributed by atoms with van der Waals surface area (Å²) in [5, 5.41) is 36.2. The van der Waals surface area contributed by atoms with Crippen LogP contribution in [0.2, 0.25) is 0 Å². The highest BCUT2D eigenvalue weighted by molar-refractivity contribution is 7.82. The van der Waals surface area contributed by atoms with Gasteiger partial charge >= 0.3 is 0 Å². The zero-order valence-electron chi connectivity index (χ0n) is 15.7. The molecular weight excluding hydrogens is 413 g/mol. The Kier molecular flexibility index (Phi) is 7.91. The van der Waals surface area contributed by atoms with Gasteiger partial charge in [-0.25, -0.2) is 12.9 Å². The van der Waals surface area contributed by atoms with E-state index in [1.54, 1.807) is 34.6 Å². The molecule has 2 aromatic carbocycles. The van der Waals surface area contributed by atoms with Crippen molar-refractivity contribution in [1.29, 1.82) is 10.5 Å². The quantitative estimate of drug-likeness (QED) is 0.644. The van der Waals surface area contributed by atoms with Crippen molar-refractivity contribution in [3.8, 4) is 12.1 Å².